The molecule has 4 nitrogen and oxygen atoms in total. The summed E-state index contributed by atoms with van der Waals surface area (Å²) in [4.78, 5) is 26.9. The number of thiophene rings is 1. The summed E-state index contributed by atoms with van der Waals surface area (Å²) in [6.45, 7) is 0. The third kappa shape index (κ3) is 6.32. The molecule has 0 aliphatic rings. The highest BCUT2D eigenvalue weighted by atomic mass is 32.2. The highest BCUT2D eigenvalue weighted by Gasteiger charge is 2.34. The molecule has 1 aromatic heterocycles. The van der Waals surface area contributed by atoms with Crippen LogP contribution < -0.4 is 10.6 Å². The minimum atomic E-state index is -4.60. The highest BCUT2D eigenvalue weighted by Crippen LogP contribution is 2.39. The number of rotatable bonds is 7. The quantitative estimate of drug-likeness (QED) is 0.252. The molecule has 0 aliphatic heterocycles. The van der Waals surface area contributed by atoms with E-state index in [0.717, 1.165) is 6.07 Å². The van der Waals surface area contributed by atoms with Crippen LogP contribution in [0.15, 0.2) is 101 Å². The number of anilines is 2. The fraction of sp³-hybridized carbons (Fsp3) is 0.0769. The molecule has 0 bridgehead atoms. The van der Waals surface area contributed by atoms with Gasteiger partial charge in [0.2, 0.25) is 5.91 Å². The Balaban J connectivity index is 1.58. The molecule has 9 heteroatoms. The van der Waals surface area contributed by atoms with Crippen molar-refractivity contribution in [1.82, 2.24) is 0 Å². The summed E-state index contributed by atoms with van der Waals surface area (Å²) < 4.78 is 40.3. The lowest BCUT2D eigenvalue weighted by atomic mass is 10.1. The zero-order chi connectivity index (χ0) is 24.8. The van der Waals surface area contributed by atoms with Gasteiger partial charge in [0.15, 0.2) is 0 Å². The first-order chi connectivity index (χ1) is 16.8. The third-order valence-corrected chi connectivity index (χ3v) is 7.04. The molecule has 0 fully saturated rings. The van der Waals surface area contributed by atoms with E-state index in [1.54, 1.807) is 72.1 Å². The van der Waals surface area contributed by atoms with E-state index in [0.29, 0.717) is 21.0 Å². The molecule has 35 heavy (non-hydrogen) atoms. The number of para-hydroxylation sites is 1. The van der Waals surface area contributed by atoms with Crippen molar-refractivity contribution in [2.75, 3.05) is 10.6 Å². The number of hydrogen-bond donors (Lipinski definition) is 2. The second-order valence-corrected chi connectivity index (χ2v) is 9.53. The van der Waals surface area contributed by atoms with Crippen LogP contribution in [0, 0.1) is 0 Å². The molecule has 1 heterocycles. The molecule has 0 spiro atoms. The van der Waals surface area contributed by atoms with Crippen LogP contribution in [0.3, 0.4) is 0 Å². The van der Waals surface area contributed by atoms with E-state index in [9.17, 15) is 22.8 Å². The summed E-state index contributed by atoms with van der Waals surface area (Å²) in [7, 11) is 0. The minimum absolute atomic E-state index is 0.247. The smallest absolute Gasteiger partial charge is 0.324 e. The van der Waals surface area contributed by atoms with Gasteiger partial charge in [0.05, 0.1) is 16.1 Å². The highest BCUT2D eigenvalue weighted by molar-refractivity contribution is 8.00. The van der Waals surface area contributed by atoms with Gasteiger partial charge in [-0.3, -0.25) is 9.59 Å². The van der Waals surface area contributed by atoms with Gasteiger partial charge in [-0.25, -0.2) is 0 Å². The fourth-order valence-electron chi connectivity index (χ4n) is 3.32. The molecule has 4 rings (SSSR count). The number of nitrogens with one attached hydrogen (secondary N) is 2. The van der Waals surface area contributed by atoms with Crippen molar-refractivity contribution >= 4 is 46.3 Å². The Morgan fingerprint density at radius 1 is 0.829 bits per heavy atom. The maximum atomic E-state index is 13.4. The van der Waals surface area contributed by atoms with E-state index in [-0.39, 0.29) is 11.6 Å². The van der Waals surface area contributed by atoms with Crippen molar-refractivity contribution in [2.45, 2.75) is 16.3 Å². The SMILES string of the molecule is O=C(Nc1cccc(SC(C(=O)Nc2ccccc2C(F)(F)F)c2ccccc2)c1)c1cccs1. The molecule has 1 atom stereocenters. The van der Waals surface area contributed by atoms with Gasteiger partial charge in [-0.1, -0.05) is 54.6 Å². The van der Waals surface area contributed by atoms with Crippen LogP contribution in [-0.2, 0) is 11.0 Å². The number of halogens is 3. The topological polar surface area (TPSA) is 58.2 Å². The van der Waals surface area contributed by atoms with Crippen LogP contribution in [-0.4, -0.2) is 11.8 Å². The minimum Gasteiger partial charge on any atom is -0.324 e. The number of hydrogen-bond acceptors (Lipinski definition) is 4. The average Bonchev–Trinajstić information content (AvgIpc) is 3.38. The van der Waals surface area contributed by atoms with Crippen molar-refractivity contribution in [3.63, 3.8) is 0 Å². The second kappa shape index (κ2) is 10.8. The predicted molar refractivity (Wildman–Crippen MR) is 134 cm³/mol. The lowest BCUT2D eigenvalue weighted by Gasteiger charge is -2.19. The first kappa shape index (κ1) is 24.6. The van der Waals surface area contributed by atoms with Gasteiger partial charge in [-0.15, -0.1) is 23.1 Å². The maximum absolute atomic E-state index is 13.4. The van der Waals surface area contributed by atoms with Crippen molar-refractivity contribution in [2.24, 2.45) is 0 Å². The van der Waals surface area contributed by atoms with E-state index in [4.69, 9.17) is 0 Å². The molecular weight excluding hydrogens is 493 g/mol. The summed E-state index contributed by atoms with van der Waals surface area (Å²) in [5.41, 5.74) is -0.0394. The Kier molecular flexibility index (Phi) is 7.57. The van der Waals surface area contributed by atoms with Gasteiger partial charge in [0, 0.05) is 10.6 Å². The maximum Gasteiger partial charge on any atom is 0.418 e. The number of thioether (sulfide) groups is 1. The van der Waals surface area contributed by atoms with E-state index >= 15 is 0 Å². The largest absolute Gasteiger partial charge is 0.418 e. The Hall–Kier alpha value is -3.56. The Morgan fingerprint density at radius 3 is 2.29 bits per heavy atom. The Bertz CT molecular complexity index is 1310. The van der Waals surface area contributed by atoms with Crippen molar-refractivity contribution in [3.05, 3.63) is 112 Å². The molecule has 0 saturated carbocycles. The summed E-state index contributed by atoms with van der Waals surface area (Å²) >= 11 is 2.50. The summed E-state index contributed by atoms with van der Waals surface area (Å²) in [6, 6.07) is 24.2. The second-order valence-electron chi connectivity index (χ2n) is 7.40. The molecule has 2 amide bonds. The van der Waals surface area contributed by atoms with Gasteiger partial charge in [0.1, 0.15) is 5.25 Å². The number of carbonyl (C=O) groups excluding carboxylic acids is 2. The number of amides is 2. The van der Waals surface area contributed by atoms with Crippen LogP contribution >= 0.6 is 23.1 Å². The van der Waals surface area contributed by atoms with E-state index in [2.05, 4.69) is 10.6 Å². The van der Waals surface area contributed by atoms with Crippen molar-refractivity contribution in [3.8, 4) is 0 Å². The van der Waals surface area contributed by atoms with Crippen LogP contribution in [0.25, 0.3) is 0 Å². The number of carbonyl (C=O) groups is 2. The summed E-state index contributed by atoms with van der Waals surface area (Å²) in [5.74, 6) is -0.839. The first-order valence-electron chi connectivity index (χ1n) is 10.4. The van der Waals surface area contributed by atoms with E-state index < -0.39 is 22.9 Å². The van der Waals surface area contributed by atoms with Crippen molar-refractivity contribution in [1.29, 1.82) is 0 Å². The molecule has 4 aromatic rings. The van der Waals surface area contributed by atoms with E-state index in [1.807, 2.05) is 0 Å². The molecule has 1 unspecified atom stereocenters. The Morgan fingerprint density at radius 2 is 1.57 bits per heavy atom. The monoisotopic (exact) mass is 512 g/mol. The average molecular weight is 513 g/mol. The van der Waals surface area contributed by atoms with Gasteiger partial charge < -0.3 is 10.6 Å². The molecule has 3 aromatic carbocycles. The van der Waals surface area contributed by atoms with E-state index in [1.165, 1.54) is 41.3 Å². The summed E-state index contributed by atoms with van der Waals surface area (Å²) in [5, 5.41) is 6.25. The zero-order valence-electron chi connectivity index (χ0n) is 18.1. The van der Waals surface area contributed by atoms with Crippen LogP contribution in [0.2, 0.25) is 0 Å². The van der Waals surface area contributed by atoms with Crippen molar-refractivity contribution < 1.29 is 22.8 Å². The molecule has 178 valence electrons. The molecule has 2 N–H and O–H groups in total. The molecule has 0 aliphatic carbocycles. The summed E-state index contributed by atoms with van der Waals surface area (Å²) in [6.07, 6.45) is -4.60. The van der Waals surface area contributed by atoms with Crippen LogP contribution in [0.5, 0.6) is 0 Å². The number of alkyl halides is 3. The molecule has 0 radical (unpaired) electrons. The normalized spacial score (nSPS) is 12.1. The lowest BCUT2D eigenvalue weighted by molar-refractivity contribution is -0.137. The van der Waals surface area contributed by atoms with Gasteiger partial charge in [-0.05, 0) is 47.3 Å². The zero-order valence-corrected chi connectivity index (χ0v) is 19.7. The van der Waals surface area contributed by atoms with Gasteiger partial charge in [-0.2, -0.15) is 13.2 Å². The van der Waals surface area contributed by atoms with Crippen LogP contribution in [0.4, 0.5) is 24.5 Å². The van der Waals surface area contributed by atoms with Gasteiger partial charge in [0.25, 0.3) is 5.91 Å². The lowest BCUT2D eigenvalue weighted by Crippen LogP contribution is -2.21. The number of benzene rings is 3. The van der Waals surface area contributed by atoms with Crippen LogP contribution in [0.1, 0.15) is 26.0 Å². The fourth-order valence-corrected chi connectivity index (χ4v) is 5.02. The van der Waals surface area contributed by atoms with Gasteiger partial charge >= 0.3 is 6.18 Å². The Labute approximate surface area is 208 Å². The molecular formula is C26H19F3N2O2S2. The standard InChI is InChI=1S/C26H19F3N2O2S2/c27-26(28,29)20-12-4-5-13-21(20)31-25(33)23(17-8-2-1-3-9-17)35-19-11-6-10-18(16-19)30-24(32)22-14-7-15-34-22/h1-16,23H,(H,30,32)(H,31,33). The first-order valence-corrected chi connectivity index (χ1v) is 12.2. The third-order valence-electron chi connectivity index (χ3n) is 4.92. The predicted octanol–water partition coefficient (Wildman–Crippen LogP) is 7.49. The molecule has 0 saturated heterocycles.